The third kappa shape index (κ3) is 4.58. The van der Waals surface area contributed by atoms with Crippen molar-refractivity contribution in [3.63, 3.8) is 0 Å². The van der Waals surface area contributed by atoms with Crippen LogP contribution in [0, 0.1) is 5.92 Å². The predicted molar refractivity (Wildman–Crippen MR) is 49.3 cm³/mol. The monoisotopic (exact) mass is 187 g/mol. The van der Waals surface area contributed by atoms with Crippen LogP contribution in [0.15, 0.2) is 24.3 Å². The maximum atomic E-state index is 2.27. The first-order valence-corrected chi connectivity index (χ1v) is 4.23. The smallest absolute Gasteiger partial charge is 0.0789 e. The molecule has 0 unspecified atom stereocenters. The van der Waals surface area contributed by atoms with Gasteiger partial charge in [-0.05, 0) is 0 Å². The van der Waals surface area contributed by atoms with E-state index in [4.69, 9.17) is 0 Å². The number of hydrogen-bond donors (Lipinski definition) is 0. The summed E-state index contributed by atoms with van der Waals surface area (Å²) in [6, 6.07) is 0. The molecule has 0 aromatic carbocycles. The minimum Gasteiger partial charge on any atom is -1.00 e. The highest BCUT2D eigenvalue weighted by molar-refractivity contribution is 5.17. The number of quaternary nitrogens is 1. The summed E-state index contributed by atoms with van der Waals surface area (Å²) < 4.78 is 1.07. The van der Waals surface area contributed by atoms with Crippen LogP contribution in [-0.4, -0.2) is 32.2 Å². The topological polar surface area (TPSA) is 0 Å². The van der Waals surface area contributed by atoms with Crippen molar-refractivity contribution in [2.75, 3.05) is 27.7 Å². The molecule has 0 heterocycles. The fourth-order valence-electron chi connectivity index (χ4n) is 1.21. The first kappa shape index (κ1) is 11.7. The molecule has 0 saturated carbocycles. The average Bonchev–Trinajstić information content (AvgIpc) is 2.32. The number of nitrogens with zero attached hydrogens (tertiary/aromatic N) is 1. The van der Waals surface area contributed by atoms with Gasteiger partial charge in [-0.2, -0.15) is 0 Å². The number of hydrogen-bond acceptors (Lipinski definition) is 0. The van der Waals surface area contributed by atoms with Crippen LogP contribution in [0.4, 0.5) is 0 Å². The van der Waals surface area contributed by atoms with E-state index in [-0.39, 0.29) is 12.4 Å². The van der Waals surface area contributed by atoms with Crippen LogP contribution in [0.3, 0.4) is 0 Å². The molecule has 1 rings (SSSR count). The zero-order valence-corrected chi connectivity index (χ0v) is 8.88. The number of allylic oxidation sites excluding steroid dienone is 4. The van der Waals surface area contributed by atoms with Gasteiger partial charge in [0.2, 0.25) is 0 Å². The lowest BCUT2D eigenvalue weighted by molar-refractivity contribution is -0.870. The molecular formula is C10H18ClN. The summed E-state index contributed by atoms with van der Waals surface area (Å²) in [4.78, 5) is 0. The minimum atomic E-state index is 0. The first-order chi connectivity index (χ1) is 5.08. The van der Waals surface area contributed by atoms with E-state index in [1.54, 1.807) is 0 Å². The van der Waals surface area contributed by atoms with Gasteiger partial charge in [-0.1, -0.05) is 24.3 Å². The number of halogens is 1. The van der Waals surface area contributed by atoms with E-state index < -0.39 is 0 Å². The summed E-state index contributed by atoms with van der Waals surface area (Å²) >= 11 is 0. The molecule has 2 heteroatoms. The standard InChI is InChI=1S/C10H18N.ClH/c1-11(2,3)9-8-10-6-4-5-7-10;/h4-7,10H,8-9H2,1-3H3;1H/q+1;/p-1. The molecule has 0 spiro atoms. The van der Waals surface area contributed by atoms with E-state index in [1.165, 1.54) is 13.0 Å². The van der Waals surface area contributed by atoms with Crippen LogP contribution in [0.25, 0.3) is 0 Å². The Morgan fingerprint density at radius 2 is 1.58 bits per heavy atom. The molecular weight excluding hydrogens is 170 g/mol. The van der Waals surface area contributed by atoms with Crippen molar-refractivity contribution in [1.29, 1.82) is 0 Å². The average molecular weight is 188 g/mol. The Hall–Kier alpha value is -0.270. The molecule has 1 aliphatic carbocycles. The third-order valence-corrected chi connectivity index (χ3v) is 1.96. The zero-order valence-electron chi connectivity index (χ0n) is 8.13. The summed E-state index contributed by atoms with van der Waals surface area (Å²) in [7, 11) is 6.72. The Bertz CT molecular complexity index is 165. The quantitative estimate of drug-likeness (QED) is 0.489. The Kier molecular flexibility index (Phi) is 4.58. The van der Waals surface area contributed by atoms with E-state index in [9.17, 15) is 0 Å². The fraction of sp³-hybridized carbons (Fsp3) is 0.600. The van der Waals surface area contributed by atoms with Gasteiger partial charge in [0.05, 0.1) is 27.7 Å². The van der Waals surface area contributed by atoms with Gasteiger partial charge in [-0.15, -0.1) is 0 Å². The van der Waals surface area contributed by atoms with Gasteiger partial charge < -0.3 is 16.9 Å². The summed E-state index contributed by atoms with van der Waals surface area (Å²) in [5.41, 5.74) is 0. The second kappa shape index (κ2) is 4.68. The molecule has 0 amide bonds. The molecule has 0 aromatic rings. The van der Waals surface area contributed by atoms with Crippen molar-refractivity contribution < 1.29 is 16.9 Å². The highest BCUT2D eigenvalue weighted by Crippen LogP contribution is 2.14. The van der Waals surface area contributed by atoms with Gasteiger partial charge in [-0.3, -0.25) is 0 Å². The molecule has 0 N–H and O–H groups in total. The highest BCUT2D eigenvalue weighted by atomic mass is 35.5. The second-order valence-corrected chi connectivity index (χ2v) is 4.24. The molecule has 0 atom stereocenters. The van der Waals surface area contributed by atoms with Crippen LogP contribution in [0.5, 0.6) is 0 Å². The molecule has 0 aliphatic heterocycles. The predicted octanol–water partition coefficient (Wildman–Crippen LogP) is -1.17. The summed E-state index contributed by atoms with van der Waals surface area (Å²) in [6.45, 7) is 1.25. The van der Waals surface area contributed by atoms with Crippen molar-refractivity contribution in [3.8, 4) is 0 Å². The van der Waals surface area contributed by atoms with Crippen LogP contribution in [-0.2, 0) is 0 Å². The largest absolute Gasteiger partial charge is 1.00 e. The van der Waals surface area contributed by atoms with Crippen molar-refractivity contribution in [2.45, 2.75) is 6.42 Å². The van der Waals surface area contributed by atoms with Crippen molar-refractivity contribution in [1.82, 2.24) is 0 Å². The summed E-state index contributed by atoms with van der Waals surface area (Å²) in [5.74, 6) is 0.701. The van der Waals surface area contributed by atoms with Gasteiger partial charge >= 0.3 is 0 Å². The zero-order chi connectivity index (χ0) is 8.32. The van der Waals surface area contributed by atoms with Crippen LogP contribution in [0.1, 0.15) is 6.42 Å². The second-order valence-electron chi connectivity index (χ2n) is 4.24. The van der Waals surface area contributed by atoms with E-state index >= 15 is 0 Å². The lowest BCUT2D eigenvalue weighted by atomic mass is 10.1. The fourth-order valence-corrected chi connectivity index (χ4v) is 1.21. The van der Waals surface area contributed by atoms with Crippen LogP contribution < -0.4 is 12.4 Å². The third-order valence-electron chi connectivity index (χ3n) is 1.96. The van der Waals surface area contributed by atoms with E-state index in [0.29, 0.717) is 5.92 Å². The summed E-state index contributed by atoms with van der Waals surface area (Å²) in [6.07, 6.45) is 10.1. The Morgan fingerprint density at radius 3 is 2.00 bits per heavy atom. The molecule has 0 aromatic heterocycles. The van der Waals surface area contributed by atoms with E-state index in [1.807, 2.05) is 0 Å². The first-order valence-electron chi connectivity index (χ1n) is 4.23. The van der Waals surface area contributed by atoms with Gasteiger partial charge in [-0.25, -0.2) is 0 Å². The molecule has 1 nitrogen and oxygen atoms in total. The summed E-state index contributed by atoms with van der Waals surface area (Å²) in [5, 5.41) is 0. The van der Waals surface area contributed by atoms with Crippen LogP contribution >= 0.6 is 0 Å². The van der Waals surface area contributed by atoms with Crippen molar-refractivity contribution in [3.05, 3.63) is 24.3 Å². The number of rotatable bonds is 3. The molecule has 70 valence electrons. The van der Waals surface area contributed by atoms with Gasteiger partial charge in [0, 0.05) is 12.3 Å². The van der Waals surface area contributed by atoms with Gasteiger partial charge in [0.25, 0.3) is 0 Å². The Balaban J connectivity index is 0.00000121. The molecule has 0 bridgehead atoms. The lowest BCUT2D eigenvalue weighted by Crippen LogP contribution is -3.00. The molecule has 1 aliphatic rings. The Morgan fingerprint density at radius 1 is 1.08 bits per heavy atom. The SMILES string of the molecule is C[N+](C)(C)CCC1C=CC=C1.[Cl-]. The lowest BCUT2D eigenvalue weighted by Gasteiger charge is -2.24. The molecule has 0 fully saturated rings. The van der Waals surface area contributed by atoms with Crippen molar-refractivity contribution >= 4 is 0 Å². The molecule has 0 radical (unpaired) electrons. The van der Waals surface area contributed by atoms with Crippen molar-refractivity contribution in [2.24, 2.45) is 5.92 Å². The highest BCUT2D eigenvalue weighted by Gasteiger charge is 2.10. The Labute approximate surface area is 81.8 Å². The van der Waals surface area contributed by atoms with Crippen LogP contribution in [0.2, 0.25) is 0 Å². The van der Waals surface area contributed by atoms with E-state index in [0.717, 1.165) is 4.48 Å². The molecule has 0 saturated heterocycles. The van der Waals surface area contributed by atoms with Gasteiger partial charge in [0.1, 0.15) is 0 Å². The minimum absolute atomic E-state index is 0. The normalized spacial score (nSPS) is 16.6. The molecule has 12 heavy (non-hydrogen) atoms. The maximum Gasteiger partial charge on any atom is 0.0789 e. The van der Waals surface area contributed by atoms with E-state index in [2.05, 4.69) is 45.4 Å². The van der Waals surface area contributed by atoms with Gasteiger partial charge in [0.15, 0.2) is 0 Å². The maximum absolute atomic E-state index is 2.27.